The Bertz CT molecular complexity index is 1370. The number of hydrogen-bond donors (Lipinski definition) is 0. The van der Waals surface area contributed by atoms with Gasteiger partial charge in [0.1, 0.15) is 11.7 Å². The zero-order chi connectivity index (χ0) is 25.9. The van der Waals surface area contributed by atoms with Crippen molar-refractivity contribution < 1.29 is 22.4 Å². The molecule has 2 unspecified atom stereocenters. The third-order valence-corrected chi connectivity index (χ3v) is 7.43. The van der Waals surface area contributed by atoms with Crippen LogP contribution >= 0.6 is 0 Å². The number of carbonyl (C=O) groups is 2. The molecule has 0 aliphatic carbocycles. The molecule has 1 aromatic heterocycles. The zero-order valence-corrected chi connectivity index (χ0v) is 20.7. The molecular weight excluding hydrogens is 481 g/mol. The van der Waals surface area contributed by atoms with E-state index in [4.69, 9.17) is 0 Å². The number of amides is 2. The minimum Gasteiger partial charge on any atom is -0.348 e. The molecule has 7 nitrogen and oxygen atoms in total. The number of halogens is 1. The Labute approximate surface area is 209 Å². The Kier molecular flexibility index (Phi) is 7.30. The van der Waals surface area contributed by atoms with Crippen molar-refractivity contribution in [2.24, 2.45) is 0 Å². The van der Waals surface area contributed by atoms with Crippen molar-refractivity contribution in [2.45, 2.75) is 18.5 Å². The van der Waals surface area contributed by atoms with Crippen molar-refractivity contribution in [1.29, 1.82) is 0 Å². The second-order valence-electron chi connectivity index (χ2n) is 8.84. The minimum atomic E-state index is -3.44. The Hall–Kier alpha value is -3.85. The molecule has 0 bridgehead atoms. The fraction of sp³-hybridized carbons (Fsp3) is 0.222. The number of aromatic nitrogens is 1. The first kappa shape index (κ1) is 25.2. The van der Waals surface area contributed by atoms with Gasteiger partial charge in [-0.3, -0.25) is 14.6 Å². The van der Waals surface area contributed by atoms with Crippen molar-refractivity contribution in [3.63, 3.8) is 0 Å². The molecule has 0 saturated heterocycles. The fourth-order valence-corrected chi connectivity index (χ4v) is 5.42. The van der Waals surface area contributed by atoms with Crippen LogP contribution in [0.5, 0.6) is 0 Å². The summed E-state index contributed by atoms with van der Waals surface area (Å²) in [4.78, 5) is 34.0. The number of sulfone groups is 1. The van der Waals surface area contributed by atoms with Crippen LogP contribution in [-0.2, 0) is 26.0 Å². The summed E-state index contributed by atoms with van der Waals surface area (Å²) in [5.74, 6) is -2.66. The van der Waals surface area contributed by atoms with Crippen LogP contribution in [-0.4, -0.2) is 60.9 Å². The highest BCUT2D eigenvalue weighted by Crippen LogP contribution is 2.28. The topological polar surface area (TPSA) is 87.7 Å². The summed E-state index contributed by atoms with van der Waals surface area (Å²) in [5, 5.41) is 1.12. The first-order valence-corrected chi connectivity index (χ1v) is 13.0. The molecule has 0 radical (unpaired) electrons. The number of likely N-dealkylation sites (N-methyl/N-ethyl adjacent to an activating group) is 1. The van der Waals surface area contributed by atoms with Gasteiger partial charge in [0.2, 0.25) is 11.8 Å². The first-order valence-electron chi connectivity index (χ1n) is 11.3. The summed E-state index contributed by atoms with van der Waals surface area (Å²) >= 11 is 0. The molecule has 0 saturated carbocycles. The lowest BCUT2D eigenvalue weighted by molar-refractivity contribution is -0.143. The second-order valence-corrected chi connectivity index (χ2v) is 10.8. The van der Waals surface area contributed by atoms with Gasteiger partial charge in [0.15, 0.2) is 9.84 Å². The molecule has 1 aliphatic heterocycles. The normalized spacial score (nSPS) is 16.9. The predicted molar refractivity (Wildman–Crippen MR) is 135 cm³/mol. The van der Waals surface area contributed by atoms with Gasteiger partial charge in [-0.25, -0.2) is 12.8 Å². The zero-order valence-electron chi connectivity index (χ0n) is 19.9. The van der Waals surface area contributed by atoms with E-state index < -0.39 is 33.6 Å². The molecule has 2 amide bonds. The van der Waals surface area contributed by atoms with E-state index in [1.165, 1.54) is 28.0 Å². The SMILES string of the molecule is CN(C)C(=O)C(C(=O)N(Cc1ccncc1)C1C=CS(=O)(=O)C1)c1ccc(-c2ccc(F)cc2)cc1. The van der Waals surface area contributed by atoms with Gasteiger partial charge in [0.05, 0.1) is 11.8 Å². The number of pyridine rings is 1. The summed E-state index contributed by atoms with van der Waals surface area (Å²) in [6.45, 7) is 0.122. The molecule has 0 fully saturated rings. The van der Waals surface area contributed by atoms with E-state index in [9.17, 15) is 22.4 Å². The maximum Gasteiger partial charge on any atom is 0.240 e. The van der Waals surface area contributed by atoms with Gasteiger partial charge in [-0.2, -0.15) is 0 Å². The molecule has 1 aliphatic rings. The lowest BCUT2D eigenvalue weighted by Gasteiger charge is -2.32. The number of rotatable bonds is 7. The summed E-state index contributed by atoms with van der Waals surface area (Å²) < 4.78 is 37.6. The van der Waals surface area contributed by atoms with Crippen LogP contribution in [0.25, 0.3) is 11.1 Å². The van der Waals surface area contributed by atoms with Gasteiger partial charge in [-0.05, 0) is 52.6 Å². The maximum atomic E-state index is 14.0. The van der Waals surface area contributed by atoms with E-state index in [-0.39, 0.29) is 18.1 Å². The van der Waals surface area contributed by atoms with E-state index >= 15 is 0 Å². The minimum absolute atomic E-state index is 0.122. The lowest BCUT2D eigenvalue weighted by atomic mass is 9.93. The summed E-state index contributed by atoms with van der Waals surface area (Å²) in [6.07, 6.45) is 4.68. The first-order chi connectivity index (χ1) is 17.1. The summed E-state index contributed by atoms with van der Waals surface area (Å²) in [6, 6.07) is 15.8. The molecule has 2 aromatic carbocycles. The van der Waals surface area contributed by atoms with Crippen LogP contribution in [0.3, 0.4) is 0 Å². The maximum absolute atomic E-state index is 14.0. The van der Waals surface area contributed by atoms with Crippen molar-refractivity contribution in [3.8, 4) is 11.1 Å². The van der Waals surface area contributed by atoms with Gasteiger partial charge in [-0.1, -0.05) is 36.4 Å². The second kappa shape index (κ2) is 10.4. The van der Waals surface area contributed by atoms with Crippen LogP contribution in [0, 0.1) is 5.82 Å². The van der Waals surface area contributed by atoms with Gasteiger partial charge < -0.3 is 9.80 Å². The van der Waals surface area contributed by atoms with E-state index in [0.717, 1.165) is 22.1 Å². The third-order valence-electron chi connectivity index (χ3n) is 6.05. The molecule has 186 valence electrons. The monoisotopic (exact) mass is 507 g/mol. The fourth-order valence-electron chi connectivity index (χ4n) is 4.12. The van der Waals surface area contributed by atoms with Gasteiger partial charge >= 0.3 is 0 Å². The van der Waals surface area contributed by atoms with Crippen molar-refractivity contribution in [1.82, 2.24) is 14.8 Å². The quantitative estimate of drug-likeness (QED) is 0.458. The number of nitrogens with zero attached hydrogens (tertiary/aromatic N) is 3. The summed E-state index contributed by atoms with van der Waals surface area (Å²) in [7, 11) is -0.297. The van der Waals surface area contributed by atoms with Crippen LogP contribution in [0.15, 0.2) is 84.5 Å². The Morgan fingerprint density at radius 2 is 1.53 bits per heavy atom. The molecule has 0 N–H and O–H groups in total. The molecule has 4 rings (SSSR count). The predicted octanol–water partition coefficient (Wildman–Crippen LogP) is 3.40. The van der Waals surface area contributed by atoms with Crippen LogP contribution in [0.4, 0.5) is 4.39 Å². The van der Waals surface area contributed by atoms with Crippen molar-refractivity contribution in [3.05, 3.63) is 101 Å². The Morgan fingerprint density at radius 1 is 0.944 bits per heavy atom. The highest BCUT2D eigenvalue weighted by Gasteiger charge is 2.38. The van der Waals surface area contributed by atoms with Gasteiger partial charge in [0.25, 0.3) is 0 Å². The molecule has 3 aromatic rings. The molecule has 9 heteroatoms. The smallest absolute Gasteiger partial charge is 0.240 e. The number of carbonyl (C=O) groups excluding carboxylic acids is 2. The van der Waals surface area contributed by atoms with E-state index in [1.807, 2.05) is 0 Å². The third kappa shape index (κ3) is 5.68. The average Bonchev–Trinajstić information content (AvgIpc) is 3.23. The van der Waals surface area contributed by atoms with Crippen LogP contribution in [0.1, 0.15) is 17.0 Å². The molecule has 2 heterocycles. The standard InChI is InChI=1S/C27H26FN3O4S/c1-30(2)26(32)25(22-5-3-20(4-6-22)21-7-9-23(28)10-8-21)27(33)31(17-19-11-14-29-15-12-19)24-13-16-36(34,35)18-24/h3-16,24-25H,17-18H2,1-2H3. The van der Waals surface area contributed by atoms with E-state index in [0.29, 0.717) is 5.56 Å². The highest BCUT2D eigenvalue weighted by atomic mass is 32.2. The molecule has 0 spiro atoms. The molecule has 36 heavy (non-hydrogen) atoms. The summed E-state index contributed by atoms with van der Waals surface area (Å²) in [5.41, 5.74) is 2.85. The van der Waals surface area contributed by atoms with E-state index in [2.05, 4.69) is 4.98 Å². The van der Waals surface area contributed by atoms with Gasteiger partial charge in [0, 0.05) is 38.4 Å². The highest BCUT2D eigenvalue weighted by molar-refractivity contribution is 7.94. The lowest BCUT2D eigenvalue weighted by Crippen LogP contribution is -2.46. The molecular formula is C27H26FN3O4S. The average molecular weight is 508 g/mol. The van der Waals surface area contributed by atoms with Crippen molar-refractivity contribution in [2.75, 3.05) is 19.8 Å². The molecule has 2 atom stereocenters. The van der Waals surface area contributed by atoms with Crippen LogP contribution < -0.4 is 0 Å². The largest absolute Gasteiger partial charge is 0.348 e. The van der Waals surface area contributed by atoms with E-state index in [1.54, 1.807) is 75.0 Å². The number of hydrogen-bond acceptors (Lipinski definition) is 5. The Morgan fingerprint density at radius 3 is 2.06 bits per heavy atom. The number of benzene rings is 2. The van der Waals surface area contributed by atoms with Gasteiger partial charge in [-0.15, -0.1) is 0 Å². The Balaban J connectivity index is 1.70. The van der Waals surface area contributed by atoms with Crippen molar-refractivity contribution >= 4 is 21.7 Å². The van der Waals surface area contributed by atoms with Crippen LogP contribution in [0.2, 0.25) is 0 Å².